The molecule has 4 nitrogen and oxygen atoms in total. The first-order valence-electron chi connectivity index (χ1n) is 4.77. The van der Waals surface area contributed by atoms with Crippen LogP contribution in [0.1, 0.15) is 24.4 Å². The van der Waals surface area contributed by atoms with Crippen molar-refractivity contribution in [1.29, 1.82) is 0 Å². The molecule has 2 rings (SSSR count). The van der Waals surface area contributed by atoms with Crippen LogP contribution in [0.4, 0.5) is 5.69 Å². The normalized spacial score (nSPS) is 17.9. The zero-order valence-electron chi connectivity index (χ0n) is 8.23. The molecular weight excluding hydrogens is 178 g/mol. The van der Waals surface area contributed by atoms with Crippen molar-refractivity contribution in [1.82, 2.24) is 4.98 Å². The minimum absolute atomic E-state index is 0.0148. The third kappa shape index (κ3) is 1.65. The van der Waals surface area contributed by atoms with E-state index >= 15 is 0 Å². The number of rotatable bonds is 3. The fourth-order valence-corrected chi connectivity index (χ4v) is 1.60. The maximum absolute atomic E-state index is 6.07. The molecule has 1 atom stereocenters. The second-order valence-electron chi connectivity index (χ2n) is 3.73. The minimum Gasteiger partial charge on any atom is -0.481 e. The number of methoxy groups -OCH3 is 1. The molecule has 0 aliphatic heterocycles. The van der Waals surface area contributed by atoms with E-state index in [1.165, 1.54) is 12.8 Å². The van der Waals surface area contributed by atoms with Crippen molar-refractivity contribution in [2.24, 2.45) is 11.7 Å². The molecule has 14 heavy (non-hydrogen) atoms. The Bertz CT molecular complexity index is 336. The largest absolute Gasteiger partial charge is 0.481 e. The van der Waals surface area contributed by atoms with Gasteiger partial charge in [-0.2, -0.15) is 0 Å². The zero-order chi connectivity index (χ0) is 10.1. The molecule has 0 radical (unpaired) electrons. The van der Waals surface area contributed by atoms with Gasteiger partial charge in [0, 0.05) is 11.6 Å². The Morgan fingerprint density at radius 2 is 2.29 bits per heavy atom. The predicted molar refractivity (Wildman–Crippen MR) is 54.9 cm³/mol. The second kappa shape index (κ2) is 3.46. The molecule has 1 aromatic heterocycles. The zero-order valence-corrected chi connectivity index (χ0v) is 8.23. The van der Waals surface area contributed by atoms with Gasteiger partial charge in [0.05, 0.1) is 19.0 Å². The molecule has 4 heteroatoms. The molecule has 76 valence electrons. The van der Waals surface area contributed by atoms with Gasteiger partial charge in [0.25, 0.3) is 0 Å². The third-order valence-corrected chi connectivity index (χ3v) is 2.58. The number of pyridine rings is 1. The van der Waals surface area contributed by atoms with Crippen LogP contribution in [0.25, 0.3) is 0 Å². The van der Waals surface area contributed by atoms with Gasteiger partial charge in [-0.1, -0.05) is 0 Å². The Hall–Kier alpha value is -1.29. The lowest BCUT2D eigenvalue weighted by Gasteiger charge is -2.14. The molecule has 1 heterocycles. The smallest absolute Gasteiger partial charge is 0.217 e. The highest BCUT2D eigenvalue weighted by Crippen LogP contribution is 2.41. The second-order valence-corrected chi connectivity index (χ2v) is 3.73. The fraction of sp³-hybridized carbons (Fsp3) is 0.500. The molecule has 4 N–H and O–H groups in total. The van der Waals surface area contributed by atoms with E-state index in [-0.39, 0.29) is 6.04 Å². The van der Waals surface area contributed by atoms with Crippen molar-refractivity contribution in [2.45, 2.75) is 18.9 Å². The van der Waals surface area contributed by atoms with Crippen LogP contribution in [0.15, 0.2) is 12.3 Å². The number of aromatic nitrogens is 1. The first kappa shape index (κ1) is 9.27. The van der Waals surface area contributed by atoms with Crippen molar-refractivity contribution in [3.05, 3.63) is 17.8 Å². The lowest BCUT2D eigenvalue weighted by atomic mass is 10.0. The maximum Gasteiger partial charge on any atom is 0.217 e. The number of anilines is 1. The van der Waals surface area contributed by atoms with Crippen LogP contribution >= 0.6 is 0 Å². The molecule has 0 saturated heterocycles. The monoisotopic (exact) mass is 193 g/mol. The number of nitrogens with two attached hydrogens (primary N) is 2. The average molecular weight is 193 g/mol. The van der Waals surface area contributed by atoms with E-state index in [2.05, 4.69) is 4.98 Å². The summed E-state index contributed by atoms with van der Waals surface area (Å²) in [4.78, 5) is 4.10. The maximum atomic E-state index is 6.07. The Morgan fingerprint density at radius 1 is 1.57 bits per heavy atom. The predicted octanol–water partition coefficient (Wildman–Crippen LogP) is 1.08. The van der Waals surface area contributed by atoms with Crippen LogP contribution in [0.5, 0.6) is 5.88 Å². The van der Waals surface area contributed by atoms with Gasteiger partial charge in [-0.3, -0.25) is 0 Å². The summed E-state index contributed by atoms with van der Waals surface area (Å²) in [5, 5.41) is 0. The van der Waals surface area contributed by atoms with Gasteiger partial charge >= 0.3 is 0 Å². The van der Waals surface area contributed by atoms with Gasteiger partial charge < -0.3 is 16.2 Å². The van der Waals surface area contributed by atoms with Gasteiger partial charge in [-0.05, 0) is 24.8 Å². The standard InChI is InChI=1S/C10H15N3O/c1-14-10-8(4-7(11)5-13-10)9(12)6-2-3-6/h4-6,9H,2-3,11-12H2,1H3. The van der Waals surface area contributed by atoms with Crippen molar-refractivity contribution >= 4 is 5.69 Å². The van der Waals surface area contributed by atoms with Gasteiger partial charge in [-0.25, -0.2) is 4.98 Å². The Balaban J connectivity index is 2.32. The summed E-state index contributed by atoms with van der Waals surface area (Å²) >= 11 is 0. The van der Waals surface area contributed by atoms with Gasteiger partial charge in [0.1, 0.15) is 0 Å². The molecule has 0 bridgehead atoms. The summed E-state index contributed by atoms with van der Waals surface area (Å²) in [5.41, 5.74) is 13.3. The summed E-state index contributed by atoms with van der Waals surface area (Å²) in [6.45, 7) is 0. The van der Waals surface area contributed by atoms with Crippen LogP contribution < -0.4 is 16.2 Å². The molecule has 0 amide bonds. The quantitative estimate of drug-likeness (QED) is 0.753. The number of ether oxygens (including phenoxy) is 1. The van der Waals surface area contributed by atoms with Crippen LogP contribution in [0, 0.1) is 5.92 Å². The van der Waals surface area contributed by atoms with E-state index < -0.39 is 0 Å². The Labute approximate surface area is 83.3 Å². The molecule has 0 aromatic carbocycles. The topological polar surface area (TPSA) is 74.2 Å². The Morgan fingerprint density at radius 3 is 2.86 bits per heavy atom. The molecule has 1 saturated carbocycles. The van der Waals surface area contributed by atoms with Gasteiger partial charge in [-0.15, -0.1) is 0 Å². The molecule has 1 aromatic rings. The fourth-order valence-electron chi connectivity index (χ4n) is 1.60. The van der Waals surface area contributed by atoms with Crippen LogP contribution in [-0.4, -0.2) is 12.1 Å². The van der Waals surface area contributed by atoms with Crippen molar-refractivity contribution < 1.29 is 4.74 Å². The van der Waals surface area contributed by atoms with Gasteiger partial charge in [0.2, 0.25) is 5.88 Å². The van der Waals surface area contributed by atoms with Crippen molar-refractivity contribution in [3.63, 3.8) is 0 Å². The number of nitrogen functional groups attached to an aromatic ring is 1. The molecule has 0 spiro atoms. The van der Waals surface area contributed by atoms with E-state index in [0.717, 1.165) is 5.56 Å². The molecule has 1 aliphatic rings. The third-order valence-electron chi connectivity index (χ3n) is 2.58. The molecule has 1 fully saturated rings. The van der Waals surface area contributed by atoms with Crippen molar-refractivity contribution in [2.75, 3.05) is 12.8 Å². The molecule has 1 unspecified atom stereocenters. The van der Waals surface area contributed by atoms with E-state index in [0.29, 0.717) is 17.5 Å². The number of nitrogens with zero attached hydrogens (tertiary/aromatic N) is 1. The van der Waals surface area contributed by atoms with Crippen LogP contribution in [0.3, 0.4) is 0 Å². The van der Waals surface area contributed by atoms with Crippen LogP contribution in [0.2, 0.25) is 0 Å². The summed E-state index contributed by atoms with van der Waals surface area (Å²) in [6.07, 6.45) is 3.97. The van der Waals surface area contributed by atoms with E-state index in [1.54, 1.807) is 13.3 Å². The minimum atomic E-state index is 0.0148. The van der Waals surface area contributed by atoms with Gasteiger partial charge in [0.15, 0.2) is 0 Å². The average Bonchev–Trinajstić information content (AvgIpc) is 3.00. The summed E-state index contributed by atoms with van der Waals surface area (Å²) < 4.78 is 5.15. The SMILES string of the molecule is COc1ncc(N)cc1C(N)C1CC1. The van der Waals surface area contributed by atoms with Crippen molar-refractivity contribution in [3.8, 4) is 5.88 Å². The van der Waals surface area contributed by atoms with E-state index in [4.69, 9.17) is 16.2 Å². The van der Waals surface area contributed by atoms with Crippen LogP contribution in [-0.2, 0) is 0 Å². The lowest BCUT2D eigenvalue weighted by Crippen LogP contribution is -2.14. The highest BCUT2D eigenvalue weighted by Gasteiger charge is 2.31. The summed E-state index contributed by atoms with van der Waals surface area (Å²) in [7, 11) is 1.60. The van der Waals surface area contributed by atoms with E-state index in [9.17, 15) is 0 Å². The first-order valence-corrected chi connectivity index (χ1v) is 4.77. The number of hydrogen-bond donors (Lipinski definition) is 2. The first-order chi connectivity index (χ1) is 6.72. The summed E-state index contributed by atoms with van der Waals surface area (Å²) in [6, 6.07) is 1.87. The lowest BCUT2D eigenvalue weighted by molar-refractivity contribution is 0.386. The highest BCUT2D eigenvalue weighted by molar-refractivity contribution is 5.44. The number of hydrogen-bond acceptors (Lipinski definition) is 4. The Kier molecular flexibility index (Phi) is 2.29. The summed E-state index contributed by atoms with van der Waals surface area (Å²) in [5.74, 6) is 1.17. The van der Waals surface area contributed by atoms with E-state index in [1.807, 2.05) is 6.07 Å². The highest BCUT2D eigenvalue weighted by atomic mass is 16.5. The molecule has 1 aliphatic carbocycles. The molecular formula is C10H15N3O.